The number of primary amides is 1. The SMILES string of the molecule is COc1cccc2c1C(=O)c1c(O)c3c(c(O)c1C2=O)C[C@@](O)(C(=O)COC(=O)N(C)CCN(C)C(=O)OCc1ccc(NC(=O)[C@H](CCCNC(N)=O)NC(=O)C(NC(=O)CCOCCOCCOCCOCCNC(=O)CCN2C(=O)CCC2=O)C(C)C)cc1)C[C@@H]3OC1C[C@H](N2CCO[C@H](OC)C2)[C@H](O)[C@H](C)O1. The van der Waals surface area contributed by atoms with E-state index < -0.39 is 156 Å². The van der Waals surface area contributed by atoms with Gasteiger partial charge >= 0.3 is 18.2 Å². The lowest BCUT2D eigenvalue weighted by atomic mass is 9.72. The van der Waals surface area contributed by atoms with Crippen LogP contribution in [0.15, 0.2) is 42.5 Å². The molecule has 11 N–H and O–H groups in total. The monoisotopic (exact) mass is 1560 g/mol. The zero-order valence-electron chi connectivity index (χ0n) is 63.4. The first-order valence-corrected chi connectivity index (χ1v) is 36.7. The standard InChI is InChI=1S/C74H102N10O27/c1-42(2)63(80-54(87)20-27-103-30-32-105-34-35-106-33-31-104-28-22-76-53(86)19-23-84-55(88)17-18-56(84)89)70(96)79-48(11-9-21-77-71(75)97)69(95)78-45-15-13-44(14-16-45)40-108-72(98)81(4)24-25-82(5)73(99)109-41-52(85)74(100)37-47-60(68(94)62-61(66(47)92)65(91)46-10-8-12-50(101-6)59(46)67(62)93)51(38-74)111-57-36-49(64(90)43(3)110-57)83-26-29-107-58(39-83)102-7/h8,10,12-16,42-43,48-49,51,57-58,63-64,90,92,94,100H,9,11,17-41H2,1-7H3,(H,76,86)(H,78,95)(H,79,96)(H,80,87)(H3,75,77,97)/t43-,48-,49-,51-,57?,58-,63?,64+,74-/m0/s1. The first-order valence-electron chi connectivity index (χ1n) is 36.7. The molecule has 0 saturated carbocycles. The molecule has 10 amide bonds. The van der Waals surface area contributed by atoms with Crippen molar-refractivity contribution in [3.63, 3.8) is 0 Å². The van der Waals surface area contributed by atoms with Crippen LogP contribution in [0, 0.1) is 5.92 Å². The van der Waals surface area contributed by atoms with E-state index in [0.29, 0.717) is 17.8 Å². The van der Waals surface area contributed by atoms with Gasteiger partial charge in [0.1, 0.15) is 41.5 Å². The molecule has 2 aliphatic carbocycles. The summed E-state index contributed by atoms with van der Waals surface area (Å²) in [7, 11) is 5.52. The summed E-state index contributed by atoms with van der Waals surface area (Å²) in [6.07, 6.45) is -7.92. The molecule has 3 aromatic carbocycles. The summed E-state index contributed by atoms with van der Waals surface area (Å²) in [4.78, 5) is 162. The van der Waals surface area contributed by atoms with E-state index in [1.807, 2.05) is 4.90 Å². The molecule has 3 saturated heterocycles. The number of carbonyl (C=O) groups is 12. The molecule has 0 bridgehead atoms. The molecule has 5 aliphatic rings. The summed E-state index contributed by atoms with van der Waals surface area (Å²) in [5.74, 6) is -7.34. The first-order chi connectivity index (χ1) is 53.0. The fourth-order valence-electron chi connectivity index (χ4n) is 13.2. The molecule has 0 aromatic heterocycles. The summed E-state index contributed by atoms with van der Waals surface area (Å²) in [6, 6.07) is 6.92. The second-order valence-electron chi connectivity index (χ2n) is 27.6. The Hall–Kier alpha value is -9.54. The Labute approximate surface area is 640 Å². The number of Topliss-reactive ketones (excluding diaryl/α,β-unsaturated/α-hetero) is 1. The number of methoxy groups -OCH3 is 2. The molecule has 9 atom stereocenters. The molecule has 2 unspecified atom stereocenters. The molecule has 3 aliphatic heterocycles. The molecule has 610 valence electrons. The summed E-state index contributed by atoms with van der Waals surface area (Å²) in [5, 5.41) is 61.4. The number of phenolic OH excluding ortho intramolecular Hbond substituents is 2. The highest BCUT2D eigenvalue weighted by atomic mass is 16.7. The van der Waals surface area contributed by atoms with Crippen molar-refractivity contribution in [3.05, 3.63) is 81.4 Å². The predicted octanol–water partition coefficient (Wildman–Crippen LogP) is 0.816. The number of hydrogen-bond acceptors (Lipinski definition) is 28. The van der Waals surface area contributed by atoms with Crippen molar-refractivity contribution >= 4 is 76.7 Å². The number of ether oxygens (including phenoxy) is 11. The third-order valence-electron chi connectivity index (χ3n) is 19.4. The molecule has 37 heteroatoms. The quantitative estimate of drug-likeness (QED) is 0.0167. The average molecular weight is 1560 g/mol. The number of nitrogens with zero attached hydrogens (tertiary/aromatic N) is 4. The highest BCUT2D eigenvalue weighted by Crippen LogP contribution is 2.53. The minimum Gasteiger partial charge on any atom is -0.507 e. The average Bonchev–Trinajstić information content (AvgIpc) is 0.910. The number of aliphatic hydroxyl groups is 2. The topological polar surface area (TPSA) is 486 Å². The zero-order chi connectivity index (χ0) is 80.6. The number of likely N-dealkylation sites (N-methyl/N-ethyl adjacent to an activating group) is 2. The molecule has 0 spiro atoms. The van der Waals surface area contributed by atoms with E-state index in [9.17, 15) is 78.0 Å². The van der Waals surface area contributed by atoms with Gasteiger partial charge in [-0.25, -0.2) is 14.4 Å². The van der Waals surface area contributed by atoms with Crippen LogP contribution in [-0.4, -0.2) is 300 Å². The number of amides is 10. The molecule has 111 heavy (non-hydrogen) atoms. The molecule has 8 rings (SSSR count). The first kappa shape index (κ1) is 87.0. The van der Waals surface area contributed by atoms with Crippen LogP contribution < -0.4 is 37.1 Å². The van der Waals surface area contributed by atoms with Crippen LogP contribution in [0.2, 0.25) is 0 Å². The zero-order valence-corrected chi connectivity index (χ0v) is 63.4. The number of carbonyl (C=O) groups excluding carboxylic acids is 12. The van der Waals surface area contributed by atoms with Crippen molar-refractivity contribution in [2.75, 3.05) is 146 Å². The minimum absolute atomic E-state index is 0.00615. The molecule has 37 nitrogen and oxygen atoms in total. The van der Waals surface area contributed by atoms with E-state index in [4.69, 9.17) is 57.8 Å². The van der Waals surface area contributed by atoms with Crippen LogP contribution in [0.1, 0.15) is 127 Å². The van der Waals surface area contributed by atoms with Gasteiger partial charge in [0.25, 0.3) is 0 Å². The minimum atomic E-state index is -2.53. The maximum absolute atomic E-state index is 14.3. The highest BCUT2D eigenvalue weighted by molar-refractivity contribution is 6.31. The van der Waals surface area contributed by atoms with E-state index in [0.717, 1.165) is 9.80 Å². The Morgan fingerprint density at radius 2 is 1.38 bits per heavy atom. The van der Waals surface area contributed by atoms with Crippen LogP contribution in [0.3, 0.4) is 0 Å². The van der Waals surface area contributed by atoms with Gasteiger partial charge in [-0.15, -0.1) is 0 Å². The van der Waals surface area contributed by atoms with Crippen LogP contribution in [0.5, 0.6) is 17.2 Å². The maximum atomic E-state index is 14.3. The number of ketones is 3. The van der Waals surface area contributed by atoms with E-state index >= 15 is 0 Å². The number of aromatic hydroxyl groups is 2. The normalized spacial score (nSPS) is 20.8. The van der Waals surface area contributed by atoms with Crippen LogP contribution in [0.4, 0.5) is 20.1 Å². The van der Waals surface area contributed by atoms with Crippen molar-refractivity contribution in [1.82, 2.24) is 40.9 Å². The molecule has 0 radical (unpaired) electrons. The van der Waals surface area contributed by atoms with Gasteiger partial charge in [0.05, 0.1) is 102 Å². The van der Waals surface area contributed by atoms with Crippen molar-refractivity contribution in [1.29, 1.82) is 0 Å². The van der Waals surface area contributed by atoms with Gasteiger partial charge in [-0.2, -0.15) is 0 Å². The number of imide groups is 1. The number of morpholine rings is 1. The number of likely N-dealkylation sites (tertiary alicyclic amines) is 1. The smallest absolute Gasteiger partial charge is 0.409 e. The Bertz CT molecular complexity index is 3790. The number of phenols is 2. The van der Waals surface area contributed by atoms with Gasteiger partial charge in [-0.05, 0) is 49.4 Å². The number of hydrogen-bond donors (Lipinski definition) is 10. The number of aliphatic hydroxyl groups excluding tert-OH is 1. The Kier molecular flexibility index (Phi) is 32.7. The fraction of sp³-hybridized carbons (Fsp3) is 0.595. The fourth-order valence-corrected chi connectivity index (χ4v) is 13.2. The lowest BCUT2D eigenvalue weighted by molar-refractivity contribution is -0.266. The van der Waals surface area contributed by atoms with Crippen LogP contribution in [-0.2, 0) is 94.0 Å². The number of fused-ring (bicyclic) bond motifs is 3. The Morgan fingerprint density at radius 3 is 2.02 bits per heavy atom. The van der Waals surface area contributed by atoms with Crippen molar-refractivity contribution in [2.45, 2.75) is 140 Å². The van der Waals surface area contributed by atoms with E-state index in [-0.39, 0.29) is 196 Å². The van der Waals surface area contributed by atoms with Gasteiger partial charge in [-0.1, -0.05) is 38.1 Å². The largest absolute Gasteiger partial charge is 0.507 e. The van der Waals surface area contributed by atoms with Crippen molar-refractivity contribution < 1.29 is 130 Å². The van der Waals surface area contributed by atoms with Crippen LogP contribution >= 0.6 is 0 Å². The van der Waals surface area contributed by atoms with Crippen molar-refractivity contribution in [2.24, 2.45) is 11.7 Å². The summed E-state index contributed by atoms with van der Waals surface area (Å²) >= 11 is 0. The molecular weight excluding hydrogens is 1460 g/mol. The third kappa shape index (κ3) is 23.8. The van der Waals surface area contributed by atoms with Gasteiger partial charge in [0.15, 0.2) is 25.0 Å². The van der Waals surface area contributed by atoms with Crippen LogP contribution in [0.25, 0.3) is 0 Å². The third-order valence-corrected chi connectivity index (χ3v) is 19.4. The van der Waals surface area contributed by atoms with Gasteiger partial charge < -0.3 is 115 Å². The molecular formula is C74H102N10O27. The number of benzene rings is 3. The number of nitrogens with two attached hydrogens (primary N) is 1. The molecule has 3 fully saturated rings. The Morgan fingerprint density at radius 1 is 0.739 bits per heavy atom. The van der Waals surface area contributed by atoms with Gasteiger partial charge in [0.2, 0.25) is 47.0 Å². The lowest BCUT2D eigenvalue weighted by Crippen LogP contribution is -2.59. The van der Waals surface area contributed by atoms with Gasteiger partial charge in [-0.3, -0.25) is 53.0 Å². The van der Waals surface area contributed by atoms with E-state index in [1.165, 1.54) is 63.5 Å². The summed E-state index contributed by atoms with van der Waals surface area (Å²) in [6.45, 7) is 6.69. The molecule has 3 heterocycles. The van der Waals surface area contributed by atoms with E-state index in [2.05, 4.69) is 26.6 Å². The lowest BCUT2D eigenvalue weighted by Gasteiger charge is -2.47. The highest BCUT2D eigenvalue weighted by Gasteiger charge is 2.52. The number of anilines is 1. The second kappa shape index (κ2) is 41.7. The summed E-state index contributed by atoms with van der Waals surface area (Å²) in [5.41, 5.74) is 1.54. The Balaban J connectivity index is 0.762. The maximum Gasteiger partial charge on any atom is 0.409 e. The molecule has 3 aromatic rings. The second-order valence-corrected chi connectivity index (χ2v) is 27.6. The van der Waals surface area contributed by atoms with Crippen molar-refractivity contribution in [3.8, 4) is 17.2 Å². The number of nitrogens with one attached hydrogen (secondary N) is 5. The predicted molar refractivity (Wildman–Crippen MR) is 388 cm³/mol. The number of urea groups is 1. The van der Waals surface area contributed by atoms with E-state index in [1.54, 1.807) is 32.9 Å². The van der Waals surface area contributed by atoms with Gasteiger partial charge in [0, 0.05) is 140 Å². The summed E-state index contributed by atoms with van der Waals surface area (Å²) < 4.78 is 62.0. The number of rotatable bonds is 41.